The van der Waals surface area contributed by atoms with Crippen molar-refractivity contribution in [1.82, 2.24) is 5.32 Å². The topological polar surface area (TPSA) is 21.3 Å². The van der Waals surface area contributed by atoms with E-state index in [-0.39, 0.29) is 0 Å². The molecule has 0 aromatic heterocycles. The molecule has 2 atom stereocenters. The van der Waals surface area contributed by atoms with E-state index in [1.807, 2.05) is 0 Å². The van der Waals surface area contributed by atoms with Crippen LogP contribution in [0.2, 0.25) is 0 Å². The van der Waals surface area contributed by atoms with Gasteiger partial charge in [-0.2, -0.15) is 0 Å². The highest BCUT2D eigenvalue weighted by atomic mass is 16.5. The molecule has 17 heavy (non-hydrogen) atoms. The van der Waals surface area contributed by atoms with E-state index < -0.39 is 0 Å². The van der Waals surface area contributed by atoms with Crippen LogP contribution in [0.4, 0.5) is 0 Å². The third kappa shape index (κ3) is 3.83. The Balaban J connectivity index is 1.91. The van der Waals surface area contributed by atoms with Crippen molar-refractivity contribution in [2.75, 3.05) is 13.2 Å². The lowest BCUT2D eigenvalue weighted by molar-refractivity contribution is 0.142. The predicted octanol–water partition coefficient (Wildman–Crippen LogP) is 3.21. The zero-order chi connectivity index (χ0) is 12.1. The molecule has 1 aliphatic rings. The predicted molar refractivity (Wildman–Crippen MR) is 71.2 cm³/mol. The quantitative estimate of drug-likeness (QED) is 0.865. The van der Waals surface area contributed by atoms with Crippen LogP contribution in [0.5, 0.6) is 0 Å². The lowest BCUT2D eigenvalue weighted by Crippen LogP contribution is -2.31. The minimum absolute atomic E-state index is 0.429. The molecule has 1 fully saturated rings. The van der Waals surface area contributed by atoms with Crippen LogP contribution >= 0.6 is 0 Å². The standard InChI is InChI=1S/C15H23NO/c1-12-5-7-14(8-6-12)13(2)16-15-4-3-10-17-11-9-15/h5-8,13,15-16H,3-4,9-11H2,1-2H3/t13-,15?/m0/s1. The van der Waals surface area contributed by atoms with E-state index in [0.717, 1.165) is 19.6 Å². The SMILES string of the molecule is Cc1ccc([C@H](C)NC2CCCOCC2)cc1. The highest BCUT2D eigenvalue weighted by Crippen LogP contribution is 2.17. The van der Waals surface area contributed by atoms with Crippen LogP contribution in [0.15, 0.2) is 24.3 Å². The highest BCUT2D eigenvalue weighted by Gasteiger charge is 2.15. The second kappa shape index (κ2) is 6.18. The summed E-state index contributed by atoms with van der Waals surface area (Å²) in [6.07, 6.45) is 3.55. The molecule has 0 amide bonds. The molecule has 2 rings (SSSR count). The minimum Gasteiger partial charge on any atom is -0.381 e. The van der Waals surface area contributed by atoms with Crippen molar-refractivity contribution in [3.63, 3.8) is 0 Å². The molecular weight excluding hydrogens is 210 g/mol. The summed E-state index contributed by atoms with van der Waals surface area (Å²) in [5, 5.41) is 3.71. The van der Waals surface area contributed by atoms with Gasteiger partial charge in [-0.25, -0.2) is 0 Å². The van der Waals surface area contributed by atoms with Crippen LogP contribution in [-0.2, 0) is 4.74 Å². The van der Waals surface area contributed by atoms with Gasteiger partial charge in [0.2, 0.25) is 0 Å². The largest absolute Gasteiger partial charge is 0.381 e. The van der Waals surface area contributed by atoms with Crippen LogP contribution in [0.3, 0.4) is 0 Å². The average Bonchev–Trinajstić information content (AvgIpc) is 2.58. The van der Waals surface area contributed by atoms with Crippen molar-refractivity contribution >= 4 is 0 Å². The summed E-state index contributed by atoms with van der Waals surface area (Å²) in [6.45, 7) is 6.20. The van der Waals surface area contributed by atoms with Crippen LogP contribution in [-0.4, -0.2) is 19.3 Å². The zero-order valence-electron chi connectivity index (χ0n) is 10.9. The van der Waals surface area contributed by atoms with Crippen molar-refractivity contribution in [1.29, 1.82) is 0 Å². The fraction of sp³-hybridized carbons (Fsp3) is 0.600. The summed E-state index contributed by atoms with van der Waals surface area (Å²) >= 11 is 0. The van der Waals surface area contributed by atoms with Gasteiger partial charge in [0.1, 0.15) is 0 Å². The van der Waals surface area contributed by atoms with E-state index in [1.54, 1.807) is 0 Å². The van der Waals surface area contributed by atoms with E-state index >= 15 is 0 Å². The fourth-order valence-electron chi connectivity index (χ4n) is 2.38. The van der Waals surface area contributed by atoms with Gasteiger partial charge in [0.15, 0.2) is 0 Å². The molecule has 0 spiro atoms. The van der Waals surface area contributed by atoms with E-state index in [9.17, 15) is 0 Å². The molecule has 2 nitrogen and oxygen atoms in total. The normalized spacial score (nSPS) is 23.1. The third-order valence-electron chi connectivity index (χ3n) is 3.51. The maximum atomic E-state index is 5.49. The Morgan fingerprint density at radius 2 is 1.94 bits per heavy atom. The average molecular weight is 233 g/mol. The Morgan fingerprint density at radius 3 is 2.71 bits per heavy atom. The van der Waals surface area contributed by atoms with Crippen molar-refractivity contribution in [3.8, 4) is 0 Å². The maximum Gasteiger partial charge on any atom is 0.0480 e. The van der Waals surface area contributed by atoms with Crippen molar-refractivity contribution < 1.29 is 4.74 Å². The minimum atomic E-state index is 0.429. The van der Waals surface area contributed by atoms with Gasteiger partial charge >= 0.3 is 0 Å². The second-order valence-corrected chi connectivity index (χ2v) is 5.04. The molecule has 0 aliphatic carbocycles. The molecule has 1 unspecified atom stereocenters. The first-order chi connectivity index (χ1) is 8.25. The number of rotatable bonds is 3. The Hall–Kier alpha value is -0.860. The van der Waals surface area contributed by atoms with Crippen molar-refractivity contribution in [2.24, 2.45) is 0 Å². The lowest BCUT2D eigenvalue weighted by atomic mass is 10.0. The zero-order valence-corrected chi connectivity index (χ0v) is 10.9. The molecule has 94 valence electrons. The van der Waals surface area contributed by atoms with E-state index in [4.69, 9.17) is 4.74 Å². The number of hydrogen-bond donors (Lipinski definition) is 1. The monoisotopic (exact) mass is 233 g/mol. The van der Waals surface area contributed by atoms with Crippen LogP contribution in [0.1, 0.15) is 43.4 Å². The number of hydrogen-bond acceptors (Lipinski definition) is 2. The van der Waals surface area contributed by atoms with Gasteiger partial charge in [-0.3, -0.25) is 0 Å². The van der Waals surface area contributed by atoms with Crippen LogP contribution < -0.4 is 5.32 Å². The molecule has 0 radical (unpaired) electrons. The maximum absolute atomic E-state index is 5.49. The van der Waals surface area contributed by atoms with Gasteiger partial charge < -0.3 is 10.1 Å². The second-order valence-electron chi connectivity index (χ2n) is 5.04. The van der Waals surface area contributed by atoms with Crippen molar-refractivity contribution in [2.45, 2.75) is 45.2 Å². The Kier molecular flexibility index (Phi) is 4.57. The lowest BCUT2D eigenvalue weighted by Gasteiger charge is -2.22. The molecule has 1 aliphatic heterocycles. The summed E-state index contributed by atoms with van der Waals surface area (Å²) in [6, 6.07) is 9.85. The van der Waals surface area contributed by atoms with E-state index in [1.165, 1.54) is 24.0 Å². The van der Waals surface area contributed by atoms with Gasteiger partial charge in [-0.05, 0) is 38.7 Å². The number of benzene rings is 1. The fourth-order valence-corrected chi connectivity index (χ4v) is 2.38. The first-order valence-electron chi connectivity index (χ1n) is 6.66. The number of aryl methyl sites for hydroxylation is 1. The summed E-state index contributed by atoms with van der Waals surface area (Å²) < 4.78 is 5.49. The van der Waals surface area contributed by atoms with Gasteiger partial charge in [0.25, 0.3) is 0 Å². The Bertz CT molecular complexity index is 325. The molecule has 0 bridgehead atoms. The smallest absolute Gasteiger partial charge is 0.0480 e. The van der Waals surface area contributed by atoms with Gasteiger partial charge in [0, 0.05) is 25.3 Å². The number of ether oxygens (including phenoxy) is 1. The van der Waals surface area contributed by atoms with Gasteiger partial charge in [0.05, 0.1) is 0 Å². The number of nitrogens with one attached hydrogen (secondary N) is 1. The summed E-state index contributed by atoms with van der Waals surface area (Å²) in [5.41, 5.74) is 2.70. The molecule has 1 saturated heterocycles. The molecule has 0 saturated carbocycles. The van der Waals surface area contributed by atoms with Crippen LogP contribution in [0.25, 0.3) is 0 Å². The third-order valence-corrected chi connectivity index (χ3v) is 3.51. The van der Waals surface area contributed by atoms with Crippen molar-refractivity contribution in [3.05, 3.63) is 35.4 Å². The molecule has 2 heteroatoms. The van der Waals surface area contributed by atoms with Crippen LogP contribution in [0, 0.1) is 6.92 Å². The van der Waals surface area contributed by atoms with Gasteiger partial charge in [-0.1, -0.05) is 29.8 Å². The van der Waals surface area contributed by atoms with E-state index in [2.05, 4.69) is 43.4 Å². The Labute approximate surface area is 104 Å². The molecular formula is C15H23NO. The highest BCUT2D eigenvalue weighted by molar-refractivity contribution is 5.23. The summed E-state index contributed by atoms with van der Waals surface area (Å²) in [4.78, 5) is 0. The molecule has 1 heterocycles. The van der Waals surface area contributed by atoms with Gasteiger partial charge in [-0.15, -0.1) is 0 Å². The molecule has 1 aromatic carbocycles. The molecule has 1 aromatic rings. The van der Waals surface area contributed by atoms with E-state index in [0.29, 0.717) is 12.1 Å². The summed E-state index contributed by atoms with van der Waals surface area (Å²) in [5.74, 6) is 0. The first kappa shape index (κ1) is 12.6. The first-order valence-corrected chi connectivity index (χ1v) is 6.66. The molecule has 1 N–H and O–H groups in total. The summed E-state index contributed by atoms with van der Waals surface area (Å²) in [7, 11) is 0. The Morgan fingerprint density at radius 1 is 1.18 bits per heavy atom.